The van der Waals surface area contributed by atoms with Gasteiger partial charge in [-0.2, -0.15) is 11.8 Å². The molecule has 0 unspecified atom stereocenters. The lowest BCUT2D eigenvalue weighted by molar-refractivity contribution is -0.129. The van der Waals surface area contributed by atoms with Crippen molar-refractivity contribution in [2.24, 2.45) is 0 Å². The molecule has 4 rings (SSSR count). The predicted molar refractivity (Wildman–Crippen MR) is 102 cm³/mol. The average molecular weight is 362 g/mol. The molecule has 0 N–H and O–H groups in total. The van der Waals surface area contributed by atoms with E-state index in [2.05, 4.69) is 37.6 Å². The first-order valence-corrected chi connectivity index (χ1v) is 10.3. The van der Waals surface area contributed by atoms with E-state index in [1.165, 1.54) is 37.9 Å². The zero-order chi connectivity index (χ0) is 17.3. The third-order valence-electron chi connectivity index (χ3n) is 5.76. The molecule has 1 aliphatic carbocycles. The zero-order valence-electron chi connectivity index (χ0n) is 15.0. The Morgan fingerprint density at radius 2 is 1.80 bits per heavy atom. The van der Waals surface area contributed by atoms with Crippen LogP contribution in [0.4, 0.5) is 11.6 Å². The first-order chi connectivity index (χ1) is 12.2. The van der Waals surface area contributed by atoms with Crippen LogP contribution in [0.1, 0.15) is 32.1 Å². The van der Waals surface area contributed by atoms with E-state index in [0.717, 1.165) is 37.8 Å². The van der Waals surface area contributed by atoms with Crippen LogP contribution in [0.2, 0.25) is 0 Å². The summed E-state index contributed by atoms with van der Waals surface area (Å²) in [6.07, 6.45) is 8.43. The van der Waals surface area contributed by atoms with Gasteiger partial charge in [0.2, 0.25) is 5.91 Å². The molecule has 136 valence electrons. The number of likely N-dealkylation sites (N-methyl/N-ethyl adjacent to an activating group) is 1. The van der Waals surface area contributed by atoms with E-state index < -0.39 is 0 Å². The molecule has 6 nitrogen and oxygen atoms in total. The number of hydrogen-bond acceptors (Lipinski definition) is 6. The molecule has 25 heavy (non-hydrogen) atoms. The standard InChI is InChI=1S/C18H27N5OS/c1-21-7-8-22(12-17(21)24)15-11-16(20-14-19-15)23-9-10-25-18(13-23)5-3-2-4-6-18/h11,14H,2-10,12-13H2,1H3. The van der Waals surface area contributed by atoms with Crippen LogP contribution in [0.5, 0.6) is 0 Å². The van der Waals surface area contributed by atoms with Crippen LogP contribution in [-0.2, 0) is 4.79 Å². The molecule has 3 fully saturated rings. The van der Waals surface area contributed by atoms with Crippen LogP contribution in [0.15, 0.2) is 12.4 Å². The molecule has 7 heteroatoms. The third-order valence-corrected chi connectivity index (χ3v) is 7.29. The van der Waals surface area contributed by atoms with Gasteiger partial charge in [0, 0.05) is 49.8 Å². The Kier molecular flexibility index (Phi) is 4.75. The van der Waals surface area contributed by atoms with Crippen molar-refractivity contribution in [1.29, 1.82) is 0 Å². The minimum absolute atomic E-state index is 0.155. The number of thioether (sulfide) groups is 1. The second-order valence-corrected chi connectivity index (χ2v) is 9.05. The van der Waals surface area contributed by atoms with Crippen molar-refractivity contribution < 1.29 is 4.79 Å². The van der Waals surface area contributed by atoms with Gasteiger partial charge < -0.3 is 14.7 Å². The maximum atomic E-state index is 12.0. The van der Waals surface area contributed by atoms with Gasteiger partial charge in [0.05, 0.1) is 6.54 Å². The number of aromatic nitrogens is 2. The molecule has 2 aliphatic heterocycles. The number of anilines is 2. The van der Waals surface area contributed by atoms with Gasteiger partial charge in [-0.25, -0.2) is 9.97 Å². The van der Waals surface area contributed by atoms with Crippen molar-refractivity contribution in [3.8, 4) is 0 Å². The first kappa shape index (κ1) is 16.9. The lowest BCUT2D eigenvalue weighted by Gasteiger charge is -2.45. The normalized spacial score (nSPS) is 24.0. The summed E-state index contributed by atoms with van der Waals surface area (Å²) in [4.78, 5) is 27.3. The molecule has 0 bridgehead atoms. The minimum atomic E-state index is 0.155. The summed E-state index contributed by atoms with van der Waals surface area (Å²) in [6, 6.07) is 2.07. The van der Waals surface area contributed by atoms with Gasteiger partial charge in [-0.15, -0.1) is 0 Å². The van der Waals surface area contributed by atoms with Crippen LogP contribution in [0.3, 0.4) is 0 Å². The van der Waals surface area contributed by atoms with Gasteiger partial charge in [0.1, 0.15) is 18.0 Å². The van der Waals surface area contributed by atoms with Crippen LogP contribution in [-0.4, -0.2) is 71.0 Å². The van der Waals surface area contributed by atoms with E-state index >= 15 is 0 Å². The number of hydrogen-bond donors (Lipinski definition) is 0. The molecule has 3 heterocycles. The maximum absolute atomic E-state index is 12.0. The highest BCUT2D eigenvalue weighted by Crippen LogP contribution is 2.43. The maximum Gasteiger partial charge on any atom is 0.241 e. The third kappa shape index (κ3) is 3.57. The number of carbonyl (C=O) groups excluding carboxylic acids is 1. The molecule has 0 atom stereocenters. The van der Waals surface area contributed by atoms with Gasteiger partial charge in [-0.05, 0) is 12.8 Å². The highest BCUT2D eigenvalue weighted by Gasteiger charge is 2.37. The summed E-state index contributed by atoms with van der Waals surface area (Å²) in [5, 5.41) is 0. The fourth-order valence-electron chi connectivity index (χ4n) is 4.18. The van der Waals surface area contributed by atoms with E-state index in [-0.39, 0.29) is 5.91 Å². The summed E-state index contributed by atoms with van der Waals surface area (Å²) in [5.74, 6) is 3.22. The molecule has 1 amide bonds. The number of rotatable bonds is 2. The molecule has 3 aliphatic rings. The molecule has 0 radical (unpaired) electrons. The molecule has 0 aromatic carbocycles. The largest absolute Gasteiger partial charge is 0.354 e. The summed E-state index contributed by atoms with van der Waals surface area (Å²) in [6.45, 7) is 4.13. The zero-order valence-corrected chi connectivity index (χ0v) is 15.8. The predicted octanol–water partition coefficient (Wildman–Crippen LogP) is 2.01. The van der Waals surface area contributed by atoms with Crippen LogP contribution >= 0.6 is 11.8 Å². The van der Waals surface area contributed by atoms with Crippen LogP contribution in [0, 0.1) is 0 Å². The number of nitrogens with zero attached hydrogens (tertiary/aromatic N) is 5. The Morgan fingerprint density at radius 3 is 2.56 bits per heavy atom. The lowest BCUT2D eigenvalue weighted by Crippen LogP contribution is -2.49. The average Bonchev–Trinajstić information content (AvgIpc) is 2.65. The summed E-state index contributed by atoms with van der Waals surface area (Å²) >= 11 is 2.17. The Morgan fingerprint density at radius 1 is 1.04 bits per heavy atom. The van der Waals surface area contributed by atoms with Crippen molar-refractivity contribution in [2.75, 3.05) is 55.3 Å². The Bertz CT molecular complexity index is 628. The lowest BCUT2D eigenvalue weighted by atomic mass is 9.87. The molecule has 1 aromatic rings. The van der Waals surface area contributed by atoms with Crippen LogP contribution in [0.25, 0.3) is 0 Å². The van der Waals surface area contributed by atoms with E-state index in [4.69, 9.17) is 0 Å². The molecular weight excluding hydrogens is 334 g/mol. The van der Waals surface area contributed by atoms with E-state index in [0.29, 0.717) is 11.3 Å². The molecule has 1 aromatic heterocycles. The van der Waals surface area contributed by atoms with Crippen molar-refractivity contribution in [1.82, 2.24) is 14.9 Å². The van der Waals surface area contributed by atoms with Crippen molar-refractivity contribution >= 4 is 29.3 Å². The molecule has 1 saturated carbocycles. The highest BCUT2D eigenvalue weighted by molar-refractivity contribution is 8.00. The number of carbonyl (C=O) groups is 1. The second kappa shape index (κ2) is 7.02. The van der Waals surface area contributed by atoms with Gasteiger partial charge in [-0.3, -0.25) is 4.79 Å². The van der Waals surface area contributed by atoms with Gasteiger partial charge in [0.15, 0.2) is 0 Å². The number of amides is 1. The second-order valence-electron chi connectivity index (χ2n) is 7.48. The summed E-state index contributed by atoms with van der Waals surface area (Å²) in [5.41, 5.74) is 0. The Labute approximate surface area is 154 Å². The molecule has 2 saturated heterocycles. The fourth-order valence-corrected chi connectivity index (χ4v) is 5.75. The Balaban J connectivity index is 1.50. The van der Waals surface area contributed by atoms with E-state index in [1.54, 1.807) is 11.2 Å². The smallest absolute Gasteiger partial charge is 0.241 e. The van der Waals surface area contributed by atoms with Crippen molar-refractivity contribution in [3.05, 3.63) is 12.4 Å². The van der Waals surface area contributed by atoms with Crippen LogP contribution < -0.4 is 9.80 Å². The first-order valence-electron chi connectivity index (χ1n) is 9.35. The molecular formula is C18H27N5OS. The molecule has 1 spiro atoms. The Hall–Kier alpha value is -1.50. The number of piperazine rings is 1. The van der Waals surface area contributed by atoms with E-state index in [9.17, 15) is 4.79 Å². The minimum Gasteiger partial charge on any atom is -0.354 e. The van der Waals surface area contributed by atoms with Gasteiger partial charge in [0.25, 0.3) is 0 Å². The van der Waals surface area contributed by atoms with Crippen molar-refractivity contribution in [3.63, 3.8) is 0 Å². The fraction of sp³-hybridized carbons (Fsp3) is 0.722. The quantitative estimate of drug-likeness (QED) is 0.803. The highest BCUT2D eigenvalue weighted by atomic mass is 32.2. The monoisotopic (exact) mass is 361 g/mol. The topological polar surface area (TPSA) is 52.6 Å². The summed E-state index contributed by atoms with van der Waals surface area (Å²) in [7, 11) is 1.86. The SMILES string of the molecule is CN1CCN(c2cc(N3CCSC4(CCCCC4)C3)ncn2)CC1=O. The van der Waals surface area contributed by atoms with E-state index in [1.807, 2.05) is 7.05 Å². The van der Waals surface area contributed by atoms with Crippen molar-refractivity contribution in [2.45, 2.75) is 36.9 Å². The van der Waals surface area contributed by atoms with Gasteiger partial charge in [-0.1, -0.05) is 19.3 Å². The summed E-state index contributed by atoms with van der Waals surface area (Å²) < 4.78 is 0.422. The van der Waals surface area contributed by atoms with Gasteiger partial charge >= 0.3 is 0 Å².